The molecule has 0 spiro atoms. The van der Waals surface area contributed by atoms with Crippen molar-refractivity contribution in [1.82, 2.24) is 0 Å². The molecule has 0 aromatic rings. The normalized spacial score (nSPS) is 43.8. The zero-order valence-electron chi connectivity index (χ0n) is 7.94. The quantitative estimate of drug-likeness (QED) is 0.535. The lowest BCUT2D eigenvalue weighted by Gasteiger charge is -2.04. The molecule has 0 aromatic heterocycles. The van der Waals surface area contributed by atoms with Crippen molar-refractivity contribution in [2.24, 2.45) is 23.6 Å². The Morgan fingerprint density at radius 2 is 1.78 bits per heavy atom. The van der Waals surface area contributed by atoms with Crippen LogP contribution in [0.15, 0.2) is 0 Å². The van der Waals surface area contributed by atoms with Gasteiger partial charge in [-0.1, -0.05) is 27.7 Å². The summed E-state index contributed by atoms with van der Waals surface area (Å²) in [5.74, 6) is 1.86. The third-order valence-electron chi connectivity index (χ3n) is 2.32. The molecule has 2 unspecified atom stereocenters. The minimum atomic E-state index is -0.0613. The van der Waals surface area contributed by atoms with E-state index in [0.29, 0.717) is 17.8 Å². The molecule has 0 radical (unpaired) electrons. The van der Waals surface area contributed by atoms with Crippen LogP contribution in [-0.2, 0) is 0 Å². The monoisotopic (exact) mass is 127 g/mol. The SMILES string of the molecule is [2H]C1(C(C)C)CC1C(C)C. The summed E-state index contributed by atoms with van der Waals surface area (Å²) >= 11 is 0. The molecule has 1 fully saturated rings. The highest BCUT2D eigenvalue weighted by atomic mass is 14.5. The minimum absolute atomic E-state index is 0.0613. The third kappa shape index (κ3) is 1.47. The van der Waals surface area contributed by atoms with E-state index in [1.54, 1.807) is 0 Å². The lowest BCUT2D eigenvalue weighted by molar-refractivity contribution is 0.448. The van der Waals surface area contributed by atoms with Crippen LogP contribution in [0.1, 0.15) is 35.5 Å². The van der Waals surface area contributed by atoms with Gasteiger partial charge in [0, 0.05) is 1.37 Å². The molecule has 2 atom stereocenters. The van der Waals surface area contributed by atoms with Crippen LogP contribution in [0.4, 0.5) is 0 Å². The van der Waals surface area contributed by atoms with Gasteiger partial charge in [-0.2, -0.15) is 0 Å². The van der Waals surface area contributed by atoms with Crippen molar-refractivity contribution >= 4 is 0 Å². The molecule has 9 heavy (non-hydrogen) atoms. The second-order valence-electron chi connectivity index (χ2n) is 3.78. The van der Waals surface area contributed by atoms with Gasteiger partial charge in [0.2, 0.25) is 0 Å². The zero-order valence-corrected chi connectivity index (χ0v) is 6.94. The lowest BCUT2D eigenvalue weighted by atomic mass is 10.0. The second kappa shape index (κ2) is 2.32. The Balaban J connectivity index is 2.48. The fourth-order valence-corrected chi connectivity index (χ4v) is 1.52. The number of hydrogen-bond acceptors (Lipinski definition) is 0. The third-order valence-corrected chi connectivity index (χ3v) is 2.32. The van der Waals surface area contributed by atoms with Crippen LogP contribution in [0.5, 0.6) is 0 Å². The summed E-state index contributed by atoms with van der Waals surface area (Å²) in [6, 6.07) is 0. The van der Waals surface area contributed by atoms with Crippen molar-refractivity contribution < 1.29 is 1.37 Å². The van der Waals surface area contributed by atoms with Crippen LogP contribution in [0.3, 0.4) is 0 Å². The molecule has 1 aliphatic rings. The van der Waals surface area contributed by atoms with E-state index in [1.807, 2.05) is 0 Å². The molecule has 0 saturated heterocycles. The van der Waals surface area contributed by atoms with Crippen molar-refractivity contribution in [3.8, 4) is 0 Å². The van der Waals surface area contributed by atoms with E-state index in [2.05, 4.69) is 27.7 Å². The van der Waals surface area contributed by atoms with Gasteiger partial charge in [-0.05, 0) is 30.1 Å². The number of rotatable bonds is 2. The van der Waals surface area contributed by atoms with E-state index in [1.165, 1.54) is 0 Å². The van der Waals surface area contributed by atoms with Gasteiger partial charge in [0.15, 0.2) is 0 Å². The Hall–Kier alpha value is 0. The Bertz CT molecular complexity index is 129. The predicted molar refractivity (Wildman–Crippen MR) is 41.3 cm³/mol. The van der Waals surface area contributed by atoms with E-state index >= 15 is 0 Å². The summed E-state index contributed by atoms with van der Waals surface area (Å²) in [6.07, 6.45) is 1.13. The highest BCUT2D eigenvalue weighted by Crippen LogP contribution is 2.48. The molecule has 0 heteroatoms. The fourth-order valence-electron chi connectivity index (χ4n) is 1.52. The van der Waals surface area contributed by atoms with E-state index in [0.717, 1.165) is 6.42 Å². The molecule has 0 amide bonds. The predicted octanol–water partition coefficient (Wildman–Crippen LogP) is 2.93. The molecule has 0 nitrogen and oxygen atoms in total. The van der Waals surface area contributed by atoms with Gasteiger partial charge in [-0.15, -0.1) is 0 Å². The van der Waals surface area contributed by atoms with E-state index in [9.17, 15) is 0 Å². The lowest BCUT2D eigenvalue weighted by Crippen LogP contribution is -1.97. The first kappa shape index (κ1) is 5.76. The van der Waals surface area contributed by atoms with Gasteiger partial charge in [0.1, 0.15) is 0 Å². The maximum absolute atomic E-state index is 7.99. The first-order valence-corrected chi connectivity index (χ1v) is 3.98. The molecule has 0 aliphatic heterocycles. The Morgan fingerprint density at radius 3 is 1.89 bits per heavy atom. The van der Waals surface area contributed by atoms with Crippen molar-refractivity contribution in [1.29, 1.82) is 0 Å². The molecule has 54 valence electrons. The van der Waals surface area contributed by atoms with Gasteiger partial charge < -0.3 is 0 Å². The van der Waals surface area contributed by atoms with Crippen LogP contribution in [0, 0.1) is 23.6 Å². The van der Waals surface area contributed by atoms with Crippen molar-refractivity contribution in [2.45, 2.75) is 34.1 Å². The summed E-state index contributed by atoms with van der Waals surface area (Å²) in [5.41, 5.74) is 0. The topological polar surface area (TPSA) is 0 Å². The van der Waals surface area contributed by atoms with Gasteiger partial charge in [0.05, 0.1) is 0 Å². The molecule has 1 rings (SSSR count). The van der Waals surface area contributed by atoms with E-state index in [-0.39, 0.29) is 5.89 Å². The molecule has 0 heterocycles. The summed E-state index contributed by atoms with van der Waals surface area (Å²) in [4.78, 5) is 0. The molecule has 0 aromatic carbocycles. The van der Waals surface area contributed by atoms with Gasteiger partial charge in [0.25, 0.3) is 0 Å². The smallest absolute Gasteiger partial charge is 0.0308 e. The standard InChI is InChI=1S/C9H18/c1-6(2)8-5-9(8)7(3)4/h6-9H,5H2,1-4H3/i8D. The van der Waals surface area contributed by atoms with Gasteiger partial charge in [-0.25, -0.2) is 0 Å². The average molecular weight is 127 g/mol. The zero-order chi connectivity index (χ0) is 7.94. The molecule has 0 N–H and O–H groups in total. The van der Waals surface area contributed by atoms with E-state index in [4.69, 9.17) is 1.37 Å². The van der Waals surface area contributed by atoms with Crippen molar-refractivity contribution in [2.75, 3.05) is 0 Å². The average Bonchev–Trinajstić information content (AvgIpc) is 2.43. The van der Waals surface area contributed by atoms with Crippen molar-refractivity contribution in [3.63, 3.8) is 0 Å². The first-order chi connectivity index (χ1) is 4.48. The highest BCUT2D eigenvalue weighted by molar-refractivity contribution is 4.89. The van der Waals surface area contributed by atoms with Crippen LogP contribution in [-0.4, -0.2) is 0 Å². The first-order valence-electron chi connectivity index (χ1n) is 4.48. The molecular formula is C9H18. The summed E-state index contributed by atoms with van der Waals surface area (Å²) in [5, 5.41) is 0. The Kier molecular flexibility index (Phi) is 1.48. The van der Waals surface area contributed by atoms with Gasteiger partial charge >= 0.3 is 0 Å². The highest BCUT2D eigenvalue weighted by Gasteiger charge is 2.40. The fraction of sp³-hybridized carbons (Fsp3) is 1.00. The molecule has 1 saturated carbocycles. The van der Waals surface area contributed by atoms with Crippen LogP contribution >= 0.6 is 0 Å². The molecular weight excluding hydrogens is 108 g/mol. The maximum Gasteiger partial charge on any atom is 0.0308 e. The largest absolute Gasteiger partial charge is 0.0625 e. The van der Waals surface area contributed by atoms with Crippen LogP contribution < -0.4 is 0 Å². The second-order valence-corrected chi connectivity index (χ2v) is 3.78. The summed E-state index contributed by atoms with van der Waals surface area (Å²) in [6.45, 7) is 8.78. The maximum atomic E-state index is 7.99. The Morgan fingerprint density at radius 1 is 1.22 bits per heavy atom. The van der Waals surface area contributed by atoms with Gasteiger partial charge in [-0.3, -0.25) is 0 Å². The summed E-state index contributed by atoms with van der Waals surface area (Å²) in [7, 11) is 0. The number of hydrogen-bond donors (Lipinski definition) is 0. The summed E-state index contributed by atoms with van der Waals surface area (Å²) < 4.78 is 7.99. The Labute approximate surface area is 60.1 Å². The van der Waals surface area contributed by atoms with E-state index < -0.39 is 0 Å². The molecule has 0 bridgehead atoms. The van der Waals surface area contributed by atoms with Crippen molar-refractivity contribution in [3.05, 3.63) is 0 Å². The van der Waals surface area contributed by atoms with Crippen LogP contribution in [0.25, 0.3) is 0 Å². The minimum Gasteiger partial charge on any atom is -0.0625 e. The van der Waals surface area contributed by atoms with Crippen LogP contribution in [0.2, 0.25) is 0 Å². The molecule has 1 aliphatic carbocycles.